The molecule has 17 heavy (non-hydrogen) atoms. The number of hydrogen-bond donors (Lipinski definition) is 1. The van der Waals surface area contributed by atoms with Gasteiger partial charge in [-0.05, 0) is 6.42 Å². The molecule has 0 amide bonds. The Morgan fingerprint density at radius 2 is 1.18 bits per heavy atom. The molecule has 1 aliphatic heterocycles. The first-order chi connectivity index (χ1) is 7.27. The number of halogens is 5. The van der Waals surface area contributed by atoms with Crippen LogP contribution in [0.3, 0.4) is 0 Å². The fourth-order valence-corrected chi connectivity index (χ4v) is 4.71. The van der Waals surface area contributed by atoms with E-state index >= 15 is 0 Å². The fourth-order valence-electron chi connectivity index (χ4n) is 1.26. The van der Waals surface area contributed by atoms with Gasteiger partial charge in [-0.15, -0.1) is 0 Å². The molecule has 0 atom stereocenters. The van der Waals surface area contributed by atoms with Crippen LogP contribution in [0.5, 0.6) is 0 Å². The van der Waals surface area contributed by atoms with Crippen molar-refractivity contribution in [3.05, 3.63) is 0 Å². The molecule has 0 aromatic carbocycles. The maximum atomic E-state index is 13.6. The topological polar surface area (TPSA) is 80.3 Å². The highest BCUT2D eigenvalue weighted by Gasteiger charge is 2.83. The van der Waals surface area contributed by atoms with Gasteiger partial charge in [-0.3, -0.25) is 0 Å². The molecule has 5 nitrogen and oxygen atoms in total. The Hall–Kier alpha value is -0.490. The van der Waals surface area contributed by atoms with Gasteiger partial charge in [0.15, 0.2) is 0 Å². The Kier molecular flexibility index (Phi) is 2.82. The smallest absolute Gasteiger partial charge is 0.228 e. The largest absolute Gasteiger partial charge is 0.400 e. The fraction of sp³-hybridized carbons (Fsp3) is 1.00. The van der Waals surface area contributed by atoms with Crippen LogP contribution in [0.15, 0.2) is 0 Å². The zero-order chi connectivity index (χ0) is 13.9. The van der Waals surface area contributed by atoms with Crippen molar-refractivity contribution >= 4 is 20.0 Å². The zero-order valence-corrected chi connectivity index (χ0v) is 9.68. The lowest BCUT2D eigenvalue weighted by molar-refractivity contribution is -0.177. The molecule has 1 saturated heterocycles. The van der Waals surface area contributed by atoms with E-state index in [1.165, 1.54) is 0 Å². The molecule has 0 aliphatic carbocycles. The summed E-state index contributed by atoms with van der Waals surface area (Å²) >= 11 is 0. The van der Waals surface area contributed by atoms with E-state index in [-0.39, 0.29) is 4.13 Å². The summed E-state index contributed by atoms with van der Waals surface area (Å²) in [5, 5.41) is -11.1. The summed E-state index contributed by atoms with van der Waals surface area (Å²) in [5.74, 6) is 0. The van der Waals surface area contributed by atoms with Gasteiger partial charge in [0.05, 0.1) is 0 Å². The minimum atomic E-state index is -6.09. The van der Waals surface area contributed by atoms with Crippen LogP contribution in [0.1, 0.15) is 13.3 Å². The van der Waals surface area contributed by atoms with Gasteiger partial charge in [-0.2, -0.15) is 17.6 Å². The van der Waals surface area contributed by atoms with Gasteiger partial charge in [0, 0.05) is 0 Å². The standard InChI is InChI=1S/C5H6F5NO4S2/c1-2-3(6)4(7,8)16(12,13)11-17(14,15)5(3,9)10/h11H,2H2,1H3. The molecule has 1 fully saturated rings. The Morgan fingerprint density at radius 3 is 1.41 bits per heavy atom. The van der Waals surface area contributed by atoms with E-state index in [0.29, 0.717) is 6.92 Å². The predicted octanol–water partition coefficient (Wildman–Crippen LogP) is 0.553. The summed E-state index contributed by atoms with van der Waals surface area (Å²) < 4.78 is 109. The van der Waals surface area contributed by atoms with Gasteiger partial charge in [0.25, 0.3) is 25.7 Å². The molecule has 0 saturated carbocycles. The van der Waals surface area contributed by atoms with Gasteiger partial charge >= 0.3 is 10.5 Å². The van der Waals surface area contributed by atoms with Crippen LogP contribution >= 0.6 is 0 Å². The lowest BCUT2D eigenvalue weighted by atomic mass is 10.0. The molecule has 1 N–H and O–H groups in total. The van der Waals surface area contributed by atoms with E-state index in [2.05, 4.69) is 0 Å². The normalized spacial score (nSPS) is 31.9. The van der Waals surface area contributed by atoms with Crippen molar-refractivity contribution in [1.29, 1.82) is 0 Å². The van der Waals surface area contributed by atoms with Crippen molar-refractivity contribution in [2.24, 2.45) is 0 Å². The van der Waals surface area contributed by atoms with Crippen molar-refractivity contribution in [3.63, 3.8) is 0 Å². The highest BCUT2D eigenvalue weighted by molar-refractivity contribution is 8.06. The summed E-state index contributed by atoms with van der Waals surface area (Å²) in [6.07, 6.45) is -1.70. The minimum absolute atomic E-state index is 0.106. The number of hydrogen-bond acceptors (Lipinski definition) is 4. The third-order valence-electron chi connectivity index (χ3n) is 2.30. The summed E-state index contributed by atoms with van der Waals surface area (Å²) in [4.78, 5) is 0. The Balaban J connectivity index is 3.74. The monoisotopic (exact) mass is 303 g/mol. The molecule has 0 spiro atoms. The second kappa shape index (κ2) is 3.29. The van der Waals surface area contributed by atoms with Crippen LogP contribution in [0.2, 0.25) is 0 Å². The van der Waals surface area contributed by atoms with E-state index in [1.807, 2.05) is 0 Å². The average molecular weight is 303 g/mol. The van der Waals surface area contributed by atoms with Crippen LogP contribution in [-0.2, 0) is 20.0 Å². The Labute approximate surface area is 93.1 Å². The number of nitrogens with one attached hydrogen (secondary N) is 1. The van der Waals surface area contributed by atoms with Crippen molar-refractivity contribution in [3.8, 4) is 0 Å². The van der Waals surface area contributed by atoms with Crippen LogP contribution in [0.25, 0.3) is 0 Å². The first-order valence-electron chi connectivity index (χ1n) is 3.99. The van der Waals surface area contributed by atoms with Crippen molar-refractivity contribution in [1.82, 2.24) is 4.13 Å². The van der Waals surface area contributed by atoms with Crippen LogP contribution in [0.4, 0.5) is 22.0 Å². The second-order valence-electron chi connectivity index (χ2n) is 3.28. The van der Waals surface area contributed by atoms with Gasteiger partial charge in [-0.1, -0.05) is 11.1 Å². The number of sulfonamides is 2. The molecule has 0 aromatic rings. The van der Waals surface area contributed by atoms with Crippen LogP contribution < -0.4 is 4.13 Å². The Bertz CT molecular complexity index is 495. The summed E-state index contributed by atoms with van der Waals surface area (Å²) in [6.45, 7) is 0.484. The van der Waals surface area contributed by atoms with E-state index in [9.17, 15) is 38.8 Å². The van der Waals surface area contributed by atoms with Crippen molar-refractivity contribution in [2.75, 3.05) is 0 Å². The summed E-state index contributed by atoms with van der Waals surface area (Å²) in [5.41, 5.74) is -5.02. The maximum Gasteiger partial charge on any atom is 0.400 e. The average Bonchev–Trinajstić information content (AvgIpc) is 2.12. The molecule has 1 heterocycles. The molecule has 102 valence electrons. The third kappa shape index (κ3) is 1.43. The summed E-state index contributed by atoms with van der Waals surface area (Å²) in [6, 6.07) is 0. The molecule has 0 unspecified atom stereocenters. The van der Waals surface area contributed by atoms with Gasteiger partial charge < -0.3 is 0 Å². The van der Waals surface area contributed by atoms with E-state index in [1.54, 1.807) is 0 Å². The van der Waals surface area contributed by atoms with E-state index < -0.39 is 42.6 Å². The molecule has 12 heteroatoms. The second-order valence-corrected chi connectivity index (χ2v) is 6.98. The first-order valence-corrected chi connectivity index (χ1v) is 6.96. The molecule has 1 aliphatic rings. The lowest BCUT2D eigenvalue weighted by Crippen LogP contribution is -2.72. The number of rotatable bonds is 1. The number of alkyl halides is 5. The molecular formula is C5H6F5NO4S2. The van der Waals surface area contributed by atoms with E-state index in [4.69, 9.17) is 0 Å². The molecule has 1 rings (SSSR count). The highest BCUT2D eigenvalue weighted by Crippen LogP contribution is 2.54. The van der Waals surface area contributed by atoms with E-state index in [0.717, 1.165) is 0 Å². The minimum Gasteiger partial charge on any atom is -0.228 e. The highest BCUT2D eigenvalue weighted by atomic mass is 32.3. The molecular weight excluding hydrogens is 297 g/mol. The zero-order valence-electron chi connectivity index (χ0n) is 8.05. The van der Waals surface area contributed by atoms with Gasteiger partial charge in [0.1, 0.15) is 0 Å². The maximum absolute atomic E-state index is 13.6. The van der Waals surface area contributed by atoms with Crippen LogP contribution in [0, 0.1) is 0 Å². The third-order valence-corrected chi connectivity index (χ3v) is 6.06. The van der Waals surface area contributed by atoms with Crippen LogP contribution in [-0.4, -0.2) is 33.0 Å². The summed E-state index contributed by atoms with van der Waals surface area (Å²) in [7, 11) is -12.2. The van der Waals surface area contributed by atoms with Gasteiger partial charge in [-0.25, -0.2) is 21.2 Å². The molecule has 0 aromatic heterocycles. The molecule has 0 bridgehead atoms. The van der Waals surface area contributed by atoms with Gasteiger partial charge in [0.2, 0.25) is 0 Å². The SMILES string of the molecule is CCC1(F)C(F)(F)S(=O)(=O)NS(=O)(=O)C1(F)F. The lowest BCUT2D eigenvalue weighted by Gasteiger charge is -2.40. The quantitative estimate of drug-likeness (QED) is 0.718. The predicted molar refractivity (Wildman–Crippen MR) is 45.0 cm³/mol. The van der Waals surface area contributed by atoms with Crippen molar-refractivity contribution in [2.45, 2.75) is 29.5 Å². The molecule has 0 radical (unpaired) electrons. The first kappa shape index (κ1) is 14.6. The van der Waals surface area contributed by atoms with Crippen molar-refractivity contribution < 1.29 is 38.8 Å². The Morgan fingerprint density at radius 1 is 0.882 bits per heavy atom.